The molecule has 0 unspecified atom stereocenters. The molecule has 2 fully saturated rings. The molecule has 0 aromatic carbocycles. The van der Waals surface area contributed by atoms with Gasteiger partial charge < -0.3 is 40.9 Å². The van der Waals surface area contributed by atoms with Gasteiger partial charge in [0.05, 0.1) is 32.1 Å². The maximum Gasteiger partial charge on any atom is 0.475 e. The van der Waals surface area contributed by atoms with Gasteiger partial charge in [0.15, 0.2) is 0 Å². The molecule has 0 aliphatic carbocycles. The number of nitrogens with zero attached hydrogens (tertiary/aromatic N) is 5. The highest BCUT2D eigenvalue weighted by Gasteiger charge is 2.39. The first-order chi connectivity index (χ1) is 22.1. The number of aliphatic carboxylic acids is 3. The molecule has 2 saturated heterocycles. The number of likely N-dealkylation sites (tertiary alicyclic amines) is 1. The summed E-state index contributed by atoms with van der Waals surface area (Å²) in [6.45, 7) is 6.11. The van der Waals surface area contributed by atoms with Gasteiger partial charge >= 0.3 is 25.0 Å². The Bertz CT molecular complexity index is 1070. The molecular weight excluding hydrogens is 621 g/mol. The van der Waals surface area contributed by atoms with Crippen molar-refractivity contribution < 1.29 is 54.1 Å². The molecule has 18 nitrogen and oxygen atoms in total. The van der Waals surface area contributed by atoms with Crippen molar-refractivity contribution in [1.29, 1.82) is 0 Å². The summed E-state index contributed by atoms with van der Waals surface area (Å²) >= 11 is 0. The molecule has 2 heterocycles. The van der Waals surface area contributed by atoms with Crippen molar-refractivity contribution in [2.45, 2.75) is 51.6 Å². The topological polar surface area (TPSA) is 244 Å². The largest absolute Gasteiger partial charge is 0.480 e. The number of amides is 3. The minimum atomic E-state index is -1.70. The lowest BCUT2D eigenvalue weighted by atomic mass is 9.78. The number of carbonyl (C=O) groups excluding carboxylic acids is 3. The molecule has 0 aromatic heterocycles. The Kier molecular flexibility index (Phi) is 16.5. The molecule has 266 valence electrons. The van der Waals surface area contributed by atoms with Crippen LogP contribution in [0.1, 0.15) is 33.6 Å². The molecular formula is C28H50BN7O11. The Balaban J connectivity index is 2.12. The summed E-state index contributed by atoms with van der Waals surface area (Å²) in [6, 6.07) is -1.99. The Morgan fingerprint density at radius 3 is 1.43 bits per heavy atom. The number of carboxylic acid groups (broad SMARTS) is 3. The lowest BCUT2D eigenvalue weighted by molar-refractivity contribution is -0.140. The third-order valence-corrected chi connectivity index (χ3v) is 8.29. The van der Waals surface area contributed by atoms with E-state index in [2.05, 4.69) is 10.6 Å². The summed E-state index contributed by atoms with van der Waals surface area (Å²) in [7, 11) is -1.70. The fourth-order valence-corrected chi connectivity index (χ4v) is 5.73. The van der Waals surface area contributed by atoms with Crippen molar-refractivity contribution in [3.8, 4) is 0 Å². The van der Waals surface area contributed by atoms with E-state index >= 15 is 0 Å². The standard InChI is InChI=1S/C28H50BN7O11/c1-19(2)26(27(44)30-20(3)28(45)36-6-4-5-21(36)29(46)47)31-22(37)15-32-7-9-33(16-23(38)39)11-13-35(18-25(42)43)14-12-34(10-8-32)17-24(40)41/h19-21,26,46-47H,4-18H2,1-3H3,(H,30,44)(H,31,37)(H,38,39)(H,40,41)(H,42,43)/t20-,21+,26+/m1/s1. The van der Waals surface area contributed by atoms with Crippen LogP contribution in [0.25, 0.3) is 0 Å². The summed E-state index contributed by atoms with van der Waals surface area (Å²) in [5, 5.41) is 52.7. The summed E-state index contributed by atoms with van der Waals surface area (Å²) < 4.78 is 0. The Morgan fingerprint density at radius 1 is 0.660 bits per heavy atom. The van der Waals surface area contributed by atoms with Gasteiger partial charge in [-0.15, -0.1) is 0 Å². The number of carbonyl (C=O) groups is 6. The van der Waals surface area contributed by atoms with Gasteiger partial charge in [-0.1, -0.05) is 13.8 Å². The molecule has 3 atom stereocenters. The van der Waals surface area contributed by atoms with Gasteiger partial charge in [-0.3, -0.25) is 48.4 Å². The fourth-order valence-electron chi connectivity index (χ4n) is 5.73. The SMILES string of the molecule is CC(C)[C@H](NC(=O)CN1CCN(CC(=O)O)CCN(CC(=O)O)CCN(CC(=O)O)CC1)C(=O)N[C@H](C)C(=O)N1CCC[C@H]1B(O)O. The van der Waals surface area contributed by atoms with E-state index in [9.17, 15) is 54.1 Å². The minimum Gasteiger partial charge on any atom is -0.480 e. The highest BCUT2D eigenvalue weighted by atomic mass is 16.4. The Morgan fingerprint density at radius 2 is 1.06 bits per heavy atom. The van der Waals surface area contributed by atoms with Crippen LogP contribution in [0.15, 0.2) is 0 Å². The van der Waals surface area contributed by atoms with Gasteiger partial charge in [0.2, 0.25) is 17.7 Å². The normalized spacial score (nSPS) is 20.9. The molecule has 0 bridgehead atoms. The average Bonchev–Trinajstić information content (AvgIpc) is 3.46. The summed E-state index contributed by atoms with van der Waals surface area (Å²) in [5.74, 6) is -5.87. The maximum atomic E-state index is 13.3. The van der Waals surface area contributed by atoms with Crippen molar-refractivity contribution in [3.63, 3.8) is 0 Å². The fraction of sp³-hybridized carbons (Fsp3) is 0.786. The monoisotopic (exact) mass is 671 g/mol. The molecule has 0 spiro atoms. The zero-order valence-electron chi connectivity index (χ0n) is 27.4. The summed E-state index contributed by atoms with van der Waals surface area (Å²) in [4.78, 5) is 81.9. The first kappa shape index (κ1) is 39.8. The van der Waals surface area contributed by atoms with Crippen LogP contribution in [0.5, 0.6) is 0 Å². The average molecular weight is 672 g/mol. The van der Waals surface area contributed by atoms with E-state index in [0.717, 1.165) is 0 Å². The van der Waals surface area contributed by atoms with E-state index in [4.69, 9.17) is 0 Å². The molecule has 0 radical (unpaired) electrons. The first-order valence-corrected chi connectivity index (χ1v) is 15.9. The van der Waals surface area contributed by atoms with Crippen LogP contribution in [0.4, 0.5) is 0 Å². The van der Waals surface area contributed by atoms with E-state index in [-0.39, 0.29) is 84.5 Å². The third-order valence-electron chi connectivity index (χ3n) is 8.29. The van der Waals surface area contributed by atoms with Gasteiger partial charge in [-0.2, -0.15) is 0 Å². The Hall–Kier alpha value is -3.36. The van der Waals surface area contributed by atoms with E-state index in [0.29, 0.717) is 19.4 Å². The number of nitrogens with one attached hydrogen (secondary N) is 2. The van der Waals surface area contributed by atoms with Crippen LogP contribution in [0, 0.1) is 5.92 Å². The molecule has 2 aliphatic heterocycles. The smallest absolute Gasteiger partial charge is 0.475 e. The highest BCUT2D eigenvalue weighted by molar-refractivity contribution is 6.43. The van der Waals surface area contributed by atoms with Gasteiger partial charge in [-0.05, 0) is 25.7 Å². The summed E-state index contributed by atoms with van der Waals surface area (Å²) in [5.41, 5.74) is 0. The highest BCUT2D eigenvalue weighted by Crippen LogP contribution is 2.19. The molecule has 0 aromatic rings. The van der Waals surface area contributed by atoms with Gasteiger partial charge in [0.25, 0.3) is 0 Å². The van der Waals surface area contributed by atoms with Crippen LogP contribution in [-0.2, 0) is 28.8 Å². The lowest BCUT2D eigenvalue weighted by Gasteiger charge is -2.33. The molecule has 2 rings (SSSR count). The number of rotatable bonds is 14. The van der Waals surface area contributed by atoms with Crippen molar-refractivity contribution in [3.05, 3.63) is 0 Å². The first-order valence-electron chi connectivity index (χ1n) is 15.9. The Labute approximate surface area is 274 Å². The van der Waals surface area contributed by atoms with Crippen LogP contribution in [0.2, 0.25) is 0 Å². The maximum absolute atomic E-state index is 13.3. The van der Waals surface area contributed by atoms with E-state index in [1.807, 2.05) is 0 Å². The zero-order chi connectivity index (χ0) is 35.3. The zero-order valence-corrected chi connectivity index (χ0v) is 27.4. The molecule has 7 N–H and O–H groups in total. The molecule has 3 amide bonds. The van der Waals surface area contributed by atoms with Gasteiger partial charge in [0.1, 0.15) is 12.1 Å². The van der Waals surface area contributed by atoms with Crippen molar-refractivity contribution in [2.75, 3.05) is 85.1 Å². The third kappa shape index (κ3) is 14.1. The second kappa shape index (κ2) is 19.5. The predicted octanol–water partition coefficient (Wildman–Crippen LogP) is -3.89. The lowest BCUT2D eigenvalue weighted by Crippen LogP contribution is -2.57. The summed E-state index contributed by atoms with van der Waals surface area (Å²) in [6.07, 6.45) is 1.03. The van der Waals surface area contributed by atoms with E-state index in [1.165, 1.54) is 11.8 Å². The second-order valence-corrected chi connectivity index (χ2v) is 12.5. The van der Waals surface area contributed by atoms with Crippen LogP contribution < -0.4 is 10.6 Å². The molecule has 2 aliphatic rings. The van der Waals surface area contributed by atoms with E-state index < -0.39 is 60.8 Å². The molecule has 0 saturated carbocycles. The van der Waals surface area contributed by atoms with Gasteiger partial charge in [0, 0.05) is 58.9 Å². The van der Waals surface area contributed by atoms with Crippen molar-refractivity contribution in [1.82, 2.24) is 35.1 Å². The van der Waals surface area contributed by atoms with Crippen LogP contribution in [-0.4, -0.2) is 196 Å². The van der Waals surface area contributed by atoms with Crippen molar-refractivity contribution >= 4 is 42.7 Å². The van der Waals surface area contributed by atoms with Crippen molar-refractivity contribution in [2.24, 2.45) is 5.92 Å². The van der Waals surface area contributed by atoms with E-state index in [1.54, 1.807) is 33.4 Å². The number of carboxylic acids is 3. The van der Waals surface area contributed by atoms with Crippen LogP contribution >= 0.6 is 0 Å². The number of hydrogen-bond donors (Lipinski definition) is 7. The number of hydrogen-bond acceptors (Lipinski definition) is 12. The second-order valence-electron chi connectivity index (χ2n) is 12.5. The minimum absolute atomic E-state index is 0.179. The van der Waals surface area contributed by atoms with Gasteiger partial charge in [-0.25, -0.2) is 0 Å². The molecule has 47 heavy (non-hydrogen) atoms. The van der Waals surface area contributed by atoms with Crippen LogP contribution in [0.3, 0.4) is 0 Å². The predicted molar refractivity (Wildman–Crippen MR) is 168 cm³/mol. The molecule has 19 heteroatoms. The quantitative estimate of drug-likeness (QED) is 0.0874.